The average Bonchev–Trinajstić information content (AvgIpc) is 3.32. The van der Waals surface area contributed by atoms with Crippen molar-refractivity contribution in [3.05, 3.63) is 69.2 Å². The Morgan fingerprint density at radius 3 is 2.85 bits per heavy atom. The van der Waals surface area contributed by atoms with Crippen LogP contribution in [0, 0.1) is 6.92 Å². The molecule has 2 aromatic heterocycles. The van der Waals surface area contributed by atoms with Gasteiger partial charge in [-0.25, -0.2) is 0 Å². The van der Waals surface area contributed by atoms with Crippen molar-refractivity contribution in [1.82, 2.24) is 10.1 Å². The molecule has 4 rings (SSSR count). The first kappa shape index (κ1) is 16.5. The first-order valence-electron chi connectivity index (χ1n) is 8.29. The Hall–Kier alpha value is -2.93. The second-order valence-corrected chi connectivity index (χ2v) is 7.16. The van der Waals surface area contributed by atoms with Crippen LogP contribution in [0.4, 0.5) is 5.69 Å². The number of benzene rings is 1. The molecule has 132 valence electrons. The molecule has 1 aromatic carbocycles. The lowest BCUT2D eigenvalue weighted by molar-refractivity contribution is 0.0739. The highest BCUT2D eigenvalue weighted by Gasteiger charge is 2.23. The van der Waals surface area contributed by atoms with Crippen LogP contribution in [0.5, 0.6) is 0 Å². The monoisotopic (exact) mass is 367 g/mol. The Kier molecular flexibility index (Phi) is 4.30. The van der Waals surface area contributed by atoms with Crippen LogP contribution in [-0.2, 0) is 13.0 Å². The van der Waals surface area contributed by atoms with Crippen LogP contribution < -0.4 is 5.32 Å². The standard InChI is InChI=1S/C19H17N3O3S/c1-12-9-16(21-25-12)18(23)20-15-5-4-13-6-7-22(11-14(13)10-15)19(24)17-3-2-8-26-17/h2-5,8-10H,6-7,11H2,1H3,(H,20,23). The normalized spacial score (nSPS) is 13.3. The van der Waals surface area contributed by atoms with Crippen molar-refractivity contribution in [1.29, 1.82) is 0 Å². The minimum Gasteiger partial charge on any atom is -0.361 e. The van der Waals surface area contributed by atoms with Crippen molar-refractivity contribution in [3.63, 3.8) is 0 Å². The molecule has 0 saturated carbocycles. The highest BCUT2D eigenvalue weighted by atomic mass is 32.1. The number of nitrogens with zero attached hydrogens (tertiary/aromatic N) is 2. The van der Waals surface area contributed by atoms with Gasteiger partial charge in [0, 0.05) is 24.8 Å². The van der Waals surface area contributed by atoms with E-state index in [2.05, 4.69) is 10.5 Å². The van der Waals surface area contributed by atoms with Crippen molar-refractivity contribution < 1.29 is 14.1 Å². The van der Waals surface area contributed by atoms with Gasteiger partial charge in [-0.05, 0) is 48.1 Å². The number of aromatic nitrogens is 1. The van der Waals surface area contributed by atoms with E-state index in [1.807, 2.05) is 40.6 Å². The molecule has 1 aliphatic rings. The van der Waals surface area contributed by atoms with Gasteiger partial charge in [0.05, 0.1) is 4.88 Å². The van der Waals surface area contributed by atoms with Crippen molar-refractivity contribution in [2.75, 3.05) is 11.9 Å². The van der Waals surface area contributed by atoms with E-state index in [0.717, 1.165) is 16.9 Å². The molecule has 0 radical (unpaired) electrons. The zero-order valence-electron chi connectivity index (χ0n) is 14.2. The smallest absolute Gasteiger partial charge is 0.277 e. The maximum absolute atomic E-state index is 12.6. The predicted octanol–water partition coefficient (Wildman–Crippen LogP) is 3.50. The lowest BCUT2D eigenvalue weighted by Gasteiger charge is -2.29. The topological polar surface area (TPSA) is 75.4 Å². The van der Waals surface area contributed by atoms with Crippen LogP contribution in [0.3, 0.4) is 0 Å². The molecule has 0 atom stereocenters. The number of anilines is 1. The number of aryl methyl sites for hydroxylation is 1. The third-order valence-electron chi connectivity index (χ3n) is 4.36. The predicted molar refractivity (Wildman–Crippen MR) is 98.4 cm³/mol. The number of hydrogen-bond acceptors (Lipinski definition) is 5. The highest BCUT2D eigenvalue weighted by Crippen LogP contribution is 2.25. The molecule has 7 heteroatoms. The molecule has 26 heavy (non-hydrogen) atoms. The third-order valence-corrected chi connectivity index (χ3v) is 5.21. The molecule has 0 spiro atoms. The Balaban J connectivity index is 1.50. The van der Waals surface area contributed by atoms with Gasteiger partial charge in [-0.2, -0.15) is 0 Å². The lowest BCUT2D eigenvalue weighted by Crippen LogP contribution is -2.35. The molecule has 0 aliphatic carbocycles. The Bertz CT molecular complexity index is 962. The lowest BCUT2D eigenvalue weighted by atomic mass is 9.99. The number of amides is 2. The van der Waals surface area contributed by atoms with Crippen molar-refractivity contribution in [3.8, 4) is 0 Å². The molecule has 0 bridgehead atoms. The molecular weight excluding hydrogens is 350 g/mol. The van der Waals surface area contributed by atoms with Crippen LogP contribution in [0.1, 0.15) is 37.0 Å². The van der Waals surface area contributed by atoms with E-state index in [0.29, 0.717) is 24.5 Å². The second kappa shape index (κ2) is 6.76. The highest BCUT2D eigenvalue weighted by molar-refractivity contribution is 7.12. The van der Waals surface area contributed by atoms with Gasteiger partial charge in [0.2, 0.25) is 0 Å². The summed E-state index contributed by atoms with van der Waals surface area (Å²) in [6.07, 6.45) is 0.809. The first-order chi connectivity index (χ1) is 12.6. The average molecular weight is 367 g/mol. The summed E-state index contributed by atoms with van der Waals surface area (Å²) in [6, 6.07) is 11.1. The zero-order valence-corrected chi connectivity index (χ0v) is 15.0. The number of thiophene rings is 1. The molecule has 0 fully saturated rings. The van der Waals surface area contributed by atoms with Gasteiger partial charge >= 0.3 is 0 Å². The van der Waals surface area contributed by atoms with Crippen LogP contribution >= 0.6 is 11.3 Å². The van der Waals surface area contributed by atoms with Crippen LogP contribution in [-0.4, -0.2) is 28.4 Å². The van der Waals surface area contributed by atoms with E-state index < -0.39 is 0 Å². The number of carbonyl (C=O) groups excluding carboxylic acids is 2. The summed E-state index contributed by atoms with van der Waals surface area (Å²) in [7, 11) is 0. The molecule has 3 heterocycles. The third kappa shape index (κ3) is 3.25. The molecule has 6 nitrogen and oxygen atoms in total. The Morgan fingerprint density at radius 1 is 1.23 bits per heavy atom. The van der Waals surface area contributed by atoms with Crippen LogP contribution in [0.25, 0.3) is 0 Å². The fraction of sp³-hybridized carbons (Fsp3) is 0.211. The number of carbonyl (C=O) groups is 2. The largest absolute Gasteiger partial charge is 0.361 e. The van der Waals surface area contributed by atoms with Gasteiger partial charge in [-0.15, -0.1) is 11.3 Å². The summed E-state index contributed by atoms with van der Waals surface area (Å²) in [5, 5.41) is 8.46. The minimum absolute atomic E-state index is 0.0539. The maximum Gasteiger partial charge on any atom is 0.277 e. The molecule has 3 aromatic rings. The van der Waals surface area contributed by atoms with Crippen LogP contribution in [0.15, 0.2) is 46.3 Å². The van der Waals surface area contributed by atoms with E-state index in [4.69, 9.17) is 4.52 Å². The minimum atomic E-state index is -0.316. The summed E-state index contributed by atoms with van der Waals surface area (Å²) in [5.41, 5.74) is 3.18. The maximum atomic E-state index is 12.6. The Labute approximate surface area is 154 Å². The van der Waals surface area contributed by atoms with E-state index in [1.165, 1.54) is 16.9 Å². The van der Waals surface area contributed by atoms with E-state index in [-0.39, 0.29) is 17.5 Å². The molecule has 1 N–H and O–H groups in total. The van der Waals surface area contributed by atoms with E-state index in [9.17, 15) is 9.59 Å². The molecule has 2 amide bonds. The zero-order chi connectivity index (χ0) is 18.1. The summed E-state index contributed by atoms with van der Waals surface area (Å²) in [4.78, 5) is 27.4. The number of fused-ring (bicyclic) bond motifs is 1. The summed E-state index contributed by atoms with van der Waals surface area (Å²) in [5.74, 6) is 0.325. The first-order valence-corrected chi connectivity index (χ1v) is 9.17. The fourth-order valence-corrected chi connectivity index (χ4v) is 3.72. The molecule has 0 unspecified atom stereocenters. The van der Waals surface area contributed by atoms with Crippen molar-refractivity contribution in [2.24, 2.45) is 0 Å². The number of nitrogens with one attached hydrogen (secondary N) is 1. The van der Waals surface area contributed by atoms with Gasteiger partial charge in [-0.1, -0.05) is 17.3 Å². The summed E-state index contributed by atoms with van der Waals surface area (Å²) >= 11 is 1.45. The SMILES string of the molecule is Cc1cc(C(=O)Nc2ccc3c(c2)CN(C(=O)c2cccs2)CC3)no1. The van der Waals surface area contributed by atoms with E-state index in [1.54, 1.807) is 13.0 Å². The second-order valence-electron chi connectivity index (χ2n) is 6.21. The molecule has 0 saturated heterocycles. The molecule has 1 aliphatic heterocycles. The molecular formula is C19H17N3O3S. The van der Waals surface area contributed by atoms with Gasteiger partial charge in [0.1, 0.15) is 5.76 Å². The van der Waals surface area contributed by atoms with E-state index >= 15 is 0 Å². The van der Waals surface area contributed by atoms with Gasteiger partial charge in [0.15, 0.2) is 5.69 Å². The summed E-state index contributed by atoms with van der Waals surface area (Å²) in [6.45, 7) is 2.98. The quantitative estimate of drug-likeness (QED) is 0.769. The number of hydrogen-bond donors (Lipinski definition) is 1. The van der Waals surface area contributed by atoms with Crippen molar-refractivity contribution >= 4 is 28.8 Å². The Morgan fingerprint density at radius 2 is 2.12 bits per heavy atom. The number of rotatable bonds is 3. The van der Waals surface area contributed by atoms with Gasteiger partial charge in [-0.3, -0.25) is 9.59 Å². The van der Waals surface area contributed by atoms with Gasteiger partial charge in [0.25, 0.3) is 11.8 Å². The summed E-state index contributed by atoms with van der Waals surface area (Å²) < 4.78 is 4.94. The van der Waals surface area contributed by atoms with Gasteiger partial charge < -0.3 is 14.7 Å². The van der Waals surface area contributed by atoms with Crippen LogP contribution in [0.2, 0.25) is 0 Å². The van der Waals surface area contributed by atoms with Crippen molar-refractivity contribution in [2.45, 2.75) is 19.9 Å². The fourth-order valence-electron chi connectivity index (χ4n) is 3.03.